The van der Waals surface area contributed by atoms with Gasteiger partial charge in [0.2, 0.25) is 12.3 Å². The van der Waals surface area contributed by atoms with Gasteiger partial charge >= 0.3 is 11.9 Å². The molecule has 0 bridgehead atoms. The Morgan fingerprint density at radius 1 is 0.919 bits per heavy atom. The molecule has 4 aromatic rings. The number of oxime groups is 1. The van der Waals surface area contributed by atoms with Gasteiger partial charge < -0.3 is 20.0 Å². The van der Waals surface area contributed by atoms with E-state index in [1.54, 1.807) is 12.3 Å². The van der Waals surface area contributed by atoms with Crippen LogP contribution in [0, 0.1) is 0 Å². The van der Waals surface area contributed by atoms with Gasteiger partial charge in [-0.05, 0) is 23.6 Å². The van der Waals surface area contributed by atoms with Gasteiger partial charge in [0.1, 0.15) is 11.2 Å². The lowest BCUT2D eigenvalue weighted by molar-refractivity contribution is -0.148. The number of esters is 1. The molecule has 0 fully saturated rings. The summed E-state index contributed by atoms with van der Waals surface area (Å²) in [4.78, 5) is 32.8. The Morgan fingerprint density at radius 2 is 1.43 bits per heavy atom. The molecule has 0 saturated heterocycles. The lowest BCUT2D eigenvalue weighted by Gasteiger charge is -2.36. The van der Waals surface area contributed by atoms with Gasteiger partial charge in [0.15, 0.2) is 5.13 Å². The molecule has 3 aromatic carbocycles. The van der Waals surface area contributed by atoms with Crippen molar-refractivity contribution in [3.05, 3.63) is 119 Å². The maximum Gasteiger partial charge on any atom is 0.360 e. The fraction of sp³-hybridized carbons (Fsp3) is 0.143. The molecule has 0 radical (unpaired) electrons. The Balaban J connectivity index is 1.75. The average Bonchev–Trinajstić information content (AvgIpc) is 3.39. The van der Waals surface area contributed by atoms with Crippen LogP contribution in [-0.2, 0) is 24.7 Å². The van der Waals surface area contributed by atoms with Gasteiger partial charge in [-0.15, -0.1) is 11.3 Å². The minimum atomic E-state index is -1.33. The predicted molar refractivity (Wildman–Crippen MR) is 142 cm³/mol. The van der Waals surface area contributed by atoms with Crippen LogP contribution < -0.4 is 5.32 Å². The number of carbonyl (C=O) groups is 2. The number of aliphatic carboxylic acids is 1. The number of nitrogens with zero attached hydrogens (tertiary/aromatic N) is 2. The zero-order valence-electron chi connectivity index (χ0n) is 20.0. The molecule has 0 atom stereocenters. The zero-order valence-corrected chi connectivity index (χ0v) is 20.9. The Bertz CT molecular complexity index is 1260. The highest BCUT2D eigenvalue weighted by Gasteiger charge is 2.37. The van der Waals surface area contributed by atoms with Crippen LogP contribution in [0.4, 0.5) is 5.13 Å². The molecule has 0 aliphatic carbocycles. The van der Waals surface area contributed by atoms with Crippen LogP contribution in [0.3, 0.4) is 0 Å². The minimum Gasteiger partial charge on any atom is -0.476 e. The van der Waals surface area contributed by atoms with Crippen molar-refractivity contribution in [1.29, 1.82) is 0 Å². The van der Waals surface area contributed by atoms with Crippen molar-refractivity contribution in [1.82, 2.24) is 4.98 Å². The average molecular weight is 516 g/mol. The second kappa shape index (κ2) is 12.0. The summed E-state index contributed by atoms with van der Waals surface area (Å²) in [7, 11) is 0. The first-order valence-corrected chi connectivity index (χ1v) is 12.4. The molecular weight excluding hydrogens is 490 g/mol. The first-order chi connectivity index (χ1) is 18.0. The van der Waals surface area contributed by atoms with E-state index in [0.29, 0.717) is 5.13 Å². The summed E-state index contributed by atoms with van der Waals surface area (Å²) in [6, 6.07) is 29.9. The van der Waals surface area contributed by atoms with E-state index in [-0.39, 0.29) is 12.3 Å². The fourth-order valence-corrected chi connectivity index (χ4v) is 4.68. The van der Waals surface area contributed by atoms with Gasteiger partial charge in [0, 0.05) is 5.38 Å². The number of aromatic nitrogens is 1. The van der Waals surface area contributed by atoms with E-state index in [1.165, 1.54) is 11.3 Å². The molecule has 9 heteroatoms. The van der Waals surface area contributed by atoms with E-state index in [4.69, 9.17) is 9.57 Å². The van der Waals surface area contributed by atoms with Crippen LogP contribution >= 0.6 is 11.3 Å². The third-order valence-corrected chi connectivity index (χ3v) is 6.27. The first kappa shape index (κ1) is 25.6. The van der Waals surface area contributed by atoms with Gasteiger partial charge in [-0.2, -0.15) is 0 Å². The first-order valence-electron chi connectivity index (χ1n) is 11.5. The lowest BCUT2D eigenvalue weighted by atomic mass is 9.77. The highest BCUT2D eigenvalue weighted by atomic mass is 32.1. The molecule has 8 nitrogen and oxygen atoms in total. The Labute approximate surface area is 218 Å². The summed E-state index contributed by atoms with van der Waals surface area (Å²) in [6.07, 6.45) is 0. The van der Waals surface area contributed by atoms with Crippen LogP contribution in [0.5, 0.6) is 0 Å². The van der Waals surface area contributed by atoms with Crippen molar-refractivity contribution < 1.29 is 24.3 Å². The van der Waals surface area contributed by atoms with E-state index in [0.717, 1.165) is 16.7 Å². The molecule has 0 unspecified atom stereocenters. The van der Waals surface area contributed by atoms with Gasteiger partial charge in [-0.25, -0.2) is 14.6 Å². The van der Waals surface area contributed by atoms with E-state index >= 15 is 0 Å². The highest BCUT2D eigenvalue weighted by molar-refractivity contribution is 7.14. The number of thiazole rings is 1. The predicted octanol–water partition coefficient (Wildman–Crippen LogP) is 4.92. The number of benzene rings is 3. The highest BCUT2D eigenvalue weighted by Crippen LogP contribution is 2.40. The molecule has 37 heavy (non-hydrogen) atoms. The Kier molecular flexibility index (Phi) is 8.27. The van der Waals surface area contributed by atoms with Crippen LogP contribution in [0.1, 0.15) is 29.3 Å². The summed E-state index contributed by atoms with van der Waals surface area (Å²) in [6.45, 7) is 1.35. The topological polar surface area (TPSA) is 110 Å². The molecule has 2 N–H and O–H groups in total. The van der Waals surface area contributed by atoms with Crippen molar-refractivity contribution in [3.63, 3.8) is 0 Å². The molecule has 0 saturated carbocycles. The second-order valence-corrected chi connectivity index (χ2v) is 8.69. The third-order valence-electron chi connectivity index (χ3n) is 5.51. The van der Waals surface area contributed by atoms with E-state index in [1.807, 2.05) is 91.0 Å². The maximum atomic E-state index is 11.9. The number of ether oxygens (including phenoxy) is 1. The number of carboxylic acids is 1. The zero-order chi connectivity index (χ0) is 26.1. The van der Waals surface area contributed by atoms with Crippen LogP contribution in [0.25, 0.3) is 0 Å². The van der Waals surface area contributed by atoms with Crippen molar-refractivity contribution in [3.8, 4) is 0 Å². The smallest absolute Gasteiger partial charge is 0.360 e. The molecule has 188 valence electrons. The number of carboxylic acid groups (broad SMARTS) is 1. The summed E-state index contributed by atoms with van der Waals surface area (Å²) >= 11 is 1.24. The van der Waals surface area contributed by atoms with Crippen LogP contribution in [0.15, 0.2) is 102 Å². The summed E-state index contributed by atoms with van der Waals surface area (Å²) in [5.41, 5.74) is 1.81. The van der Waals surface area contributed by atoms with E-state index < -0.39 is 29.8 Å². The molecular formula is C28H25N3O5S. The molecule has 0 aliphatic rings. The molecule has 0 amide bonds. The molecule has 4 rings (SSSR count). The van der Waals surface area contributed by atoms with E-state index in [9.17, 15) is 14.7 Å². The van der Waals surface area contributed by atoms with Gasteiger partial charge in [-0.3, -0.25) is 0 Å². The molecule has 1 aromatic heterocycles. The normalized spacial score (nSPS) is 11.5. The largest absolute Gasteiger partial charge is 0.476 e. The monoisotopic (exact) mass is 515 g/mol. The van der Waals surface area contributed by atoms with Crippen LogP contribution in [0.2, 0.25) is 0 Å². The number of hydrogen-bond acceptors (Lipinski definition) is 8. The molecule has 0 aliphatic heterocycles. The van der Waals surface area contributed by atoms with Crippen molar-refractivity contribution in [2.24, 2.45) is 5.16 Å². The summed E-state index contributed by atoms with van der Waals surface area (Å²) in [5.74, 6) is -1.98. The fourth-order valence-electron chi connectivity index (χ4n) is 3.93. The Morgan fingerprint density at radius 3 is 1.89 bits per heavy atom. The summed E-state index contributed by atoms with van der Waals surface area (Å²) in [5, 5.41) is 19.0. The minimum absolute atomic E-state index is 0.104. The Hall–Kier alpha value is -4.50. The van der Waals surface area contributed by atoms with E-state index in [2.05, 4.69) is 15.5 Å². The second-order valence-electron chi connectivity index (χ2n) is 7.83. The molecule has 0 spiro atoms. The number of nitrogens with one attached hydrogen (secondary N) is 1. The van der Waals surface area contributed by atoms with Gasteiger partial charge in [-0.1, -0.05) is 96.2 Å². The van der Waals surface area contributed by atoms with Crippen LogP contribution in [-0.4, -0.2) is 41.0 Å². The number of rotatable bonds is 11. The maximum absolute atomic E-state index is 11.9. The summed E-state index contributed by atoms with van der Waals surface area (Å²) < 4.78 is 4.77. The van der Waals surface area contributed by atoms with Gasteiger partial charge in [0.25, 0.3) is 0 Å². The van der Waals surface area contributed by atoms with Gasteiger partial charge in [0.05, 0.1) is 6.61 Å². The number of hydrogen-bond donors (Lipinski definition) is 2. The quantitative estimate of drug-likeness (QED) is 0.126. The number of anilines is 1. The third kappa shape index (κ3) is 5.84. The standard InChI is InChI=1S/C28H25N3O5S/c1-2-35-24(32)18-36-31-25(26(33)34)23-19-37-27(29-23)30-28(20-12-6-3-7-13-20,21-14-8-4-9-15-21)22-16-10-5-11-17-22/h3-17,19H,2,18H2,1H3,(H,29,30)(H,33,34). The van der Waals surface area contributed by atoms with Crippen molar-refractivity contribution in [2.45, 2.75) is 12.5 Å². The number of carbonyl (C=O) groups excluding carboxylic acids is 1. The lowest BCUT2D eigenvalue weighted by Crippen LogP contribution is -2.38. The van der Waals surface area contributed by atoms with Crippen molar-refractivity contribution in [2.75, 3.05) is 18.5 Å². The van der Waals surface area contributed by atoms with Crippen molar-refractivity contribution >= 4 is 34.1 Å². The molecule has 1 heterocycles. The SMILES string of the molecule is CCOC(=O)CON=C(C(=O)O)c1csc(NC(c2ccccc2)(c2ccccc2)c2ccccc2)n1.